The summed E-state index contributed by atoms with van der Waals surface area (Å²) in [5.41, 5.74) is -0.0654. The van der Waals surface area contributed by atoms with E-state index in [-0.39, 0.29) is 5.56 Å². The number of β-amino-alcohol motifs (C(OH)–C–C–N with tert-alkyl or cyclic N) is 1. The standard InChI is InChI=1S/C6H8N4O2/c1-3-5(12)8-6-7-2-4(11)10(6)9-3/h4,11H,2H2,1H3,(H,7,8,12). The highest BCUT2D eigenvalue weighted by Gasteiger charge is 2.20. The van der Waals surface area contributed by atoms with Crippen LogP contribution in [0, 0.1) is 6.92 Å². The molecule has 0 saturated heterocycles. The third-order valence-electron chi connectivity index (χ3n) is 1.72. The third kappa shape index (κ3) is 0.884. The van der Waals surface area contributed by atoms with Crippen LogP contribution < -0.4 is 10.9 Å². The van der Waals surface area contributed by atoms with Gasteiger partial charge in [0.2, 0.25) is 5.95 Å². The molecule has 64 valence electrons. The van der Waals surface area contributed by atoms with Gasteiger partial charge in [-0.1, -0.05) is 0 Å². The number of anilines is 1. The van der Waals surface area contributed by atoms with Crippen molar-refractivity contribution in [3.8, 4) is 0 Å². The van der Waals surface area contributed by atoms with Crippen LogP contribution in [0.15, 0.2) is 4.79 Å². The Labute approximate surface area is 67.9 Å². The summed E-state index contributed by atoms with van der Waals surface area (Å²) >= 11 is 0. The molecular weight excluding hydrogens is 160 g/mol. The lowest BCUT2D eigenvalue weighted by molar-refractivity contribution is 0.116. The van der Waals surface area contributed by atoms with Gasteiger partial charge in [0, 0.05) is 0 Å². The Morgan fingerprint density at radius 2 is 2.50 bits per heavy atom. The van der Waals surface area contributed by atoms with E-state index in [1.165, 1.54) is 4.68 Å². The van der Waals surface area contributed by atoms with E-state index in [4.69, 9.17) is 0 Å². The molecule has 0 bridgehead atoms. The highest BCUT2D eigenvalue weighted by Crippen LogP contribution is 2.14. The molecule has 6 heteroatoms. The van der Waals surface area contributed by atoms with Crippen molar-refractivity contribution in [2.24, 2.45) is 0 Å². The van der Waals surface area contributed by atoms with Crippen LogP contribution in [0.3, 0.4) is 0 Å². The van der Waals surface area contributed by atoms with E-state index in [9.17, 15) is 9.90 Å². The molecule has 1 aromatic heterocycles. The largest absolute Gasteiger partial charge is 0.370 e. The quantitative estimate of drug-likeness (QED) is 0.512. The predicted octanol–water partition coefficient (Wildman–Crippen LogP) is -1.14. The molecule has 0 fully saturated rings. The molecule has 2 N–H and O–H groups in total. The summed E-state index contributed by atoms with van der Waals surface area (Å²) in [7, 11) is 0. The van der Waals surface area contributed by atoms with Crippen molar-refractivity contribution in [2.75, 3.05) is 11.9 Å². The first-order valence-electron chi connectivity index (χ1n) is 3.58. The van der Waals surface area contributed by atoms with Crippen molar-refractivity contribution in [1.29, 1.82) is 0 Å². The molecule has 0 radical (unpaired) electrons. The smallest absolute Gasteiger partial charge is 0.296 e. The van der Waals surface area contributed by atoms with Gasteiger partial charge in [0.25, 0.3) is 5.56 Å². The fourth-order valence-corrected chi connectivity index (χ4v) is 1.08. The lowest BCUT2D eigenvalue weighted by atomic mass is 10.5. The lowest BCUT2D eigenvalue weighted by Crippen LogP contribution is -2.19. The normalized spacial score (nSPS) is 20.3. The molecule has 6 nitrogen and oxygen atoms in total. The van der Waals surface area contributed by atoms with Gasteiger partial charge < -0.3 is 10.4 Å². The first-order chi connectivity index (χ1) is 5.68. The number of nitrogens with zero attached hydrogens (tertiary/aromatic N) is 3. The maximum Gasteiger partial charge on any atom is 0.296 e. The van der Waals surface area contributed by atoms with Crippen molar-refractivity contribution in [3.05, 3.63) is 16.0 Å². The van der Waals surface area contributed by atoms with Crippen LogP contribution in [-0.4, -0.2) is 26.4 Å². The van der Waals surface area contributed by atoms with E-state index in [0.717, 1.165) is 0 Å². The average Bonchev–Trinajstić information content (AvgIpc) is 2.35. The third-order valence-corrected chi connectivity index (χ3v) is 1.72. The second kappa shape index (κ2) is 2.28. The average molecular weight is 168 g/mol. The van der Waals surface area contributed by atoms with E-state index in [2.05, 4.69) is 15.4 Å². The number of aliphatic hydroxyl groups is 1. The SMILES string of the molecule is Cc1nn2c(nc1=O)NCC2O. The second-order valence-corrected chi connectivity index (χ2v) is 2.63. The number of fused-ring (bicyclic) bond motifs is 1. The van der Waals surface area contributed by atoms with Crippen molar-refractivity contribution in [1.82, 2.24) is 14.8 Å². The molecule has 0 aromatic carbocycles. The monoisotopic (exact) mass is 168 g/mol. The molecule has 0 saturated carbocycles. The Bertz CT molecular complexity index is 372. The zero-order chi connectivity index (χ0) is 8.72. The van der Waals surface area contributed by atoms with Gasteiger partial charge in [0.1, 0.15) is 5.69 Å². The number of hydrogen-bond donors (Lipinski definition) is 2. The van der Waals surface area contributed by atoms with Crippen molar-refractivity contribution < 1.29 is 5.11 Å². The van der Waals surface area contributed by atoms with Crippen LogP contribution in [0.2, 0.25) is 0 Å². The summed E-state index contributed by atoms with van der Waals surface area (Å²) in [6.07, 6.45) is -0.716. The second-order valence-electron chi connectivity index (χ2n) is 2.63. The Balaban J connectivity index is 2.64. The Morgan fingerprint density at radius 1 is 1.75 bits per heavy atom. The molecule has 0 spiro atoms. The van der Waals surface area contributed by atoms with Crippen molar-refractivity contribution in [2.45, 2.75) is 13.2 Å². The molecule has 2 heterocycles. The zero-order valence-corrected chi connectivity index (χ0v) is 6.48. The molecule has 1 unspecified atom stereocenters. The predicted molar refractivity (Wildman–Crippen MR) is 40.8 cm³/mol. The van der Waals surface area contributed by atoms with E-state index in [1.807, 2.05) is 0 Å². The molecule has 1 aromatic rings. The van der Waals surface area contributed by atoms with E-state index in [1.54, 1.807) is 6.92 Å². The number of aromatic nitrogens is 3. The number of aliphatic hydroxyl groups excluding tert-OH is 1. The van der Waals surface area contributed by atoms with Crippen LogP contribution in [0.4, 0.5) is 5.95 Å². The molecule has 0 amide bonds. The van der Waals surface area contributed by atoms with Gasteiger partial charge in [-0.05, 0) is 6.92 Å². The summed E-state index contributed by atoms with van der Waals surface area (Å²) in [6, 6.07) is 0. The molecular formula is C6H8N4O2. The van der Waals surface area contributed by atoms with Crippen molar-refractivity contribution in [3.63, 3.8) is 0 Å². The molecule has 0 aliphatic carbocycles. The minimum Gasteiger partial charge on any atom is -0.370 e. The summed E-state index contributed by atoms with van der Waals surface area (Å²) in [6.45, 7) is 1.91. The molecule has 1 atom stereocenters. The zero-order valence-electron chi connectivity index (χ0n) is 6.48. The Kier molecular flexibility index (Phi) is 1.37. The summed E-state index contributed by atoms with van der Waals surface area (Å²) in [4.78, 5) is 14.7. The van der Waals surface area contributed by atoms with Gasteiger partial charge in [-0.25, -0.2) is 4.68 Å². The van der Waals surface area contributed by atoms with E-state index in [0.29, 0.717) is 18.2 Å². The van der Waals surface area contributed by atoms with Crippen LogP contribution >= 0.6 is 0 Å². The Morgan fingerprint density at radius 3 is 3.25 bits per heavy atom. The van der Waals surface area contributed by atoms with Gasteiger partial charge in [-0.15, -0.1) is 0 Å². The van der Waals surface area contributed by atoms with Gasteiger partial charge >= 0.3 is 0 Å². The fourth-order valence-electron chi connectivity index (χ4n) is 1.08. The number of nitrogens with one attached hydrogen (secondary N) is 1. The van der Waals surface area contributed by atoms with Crippen LogP contribution in [0.1, 0.15) is 11.9 Å². The summed E-state index contributed by atoms with van der Waals surface area (Å²) in [5.74, 6) is 0.332. The molecule has 1 aliphatic rings. The number of hydrogen-bond acceptors (Lipinski definition) is 5. The minimum atomic E-state index is -0.716. The van der Waals surface area contributed by atoms with Crippen LogP contribution in [-0.2, 0) is 0 Å². The molecule has 2 rings (SSSR count). The summed E-state index contributed by atoms with van der Waals surface area (Å²) in [5, 5.41) is 15.9. The van der Waals surface area contributed by atoms with Crippen LogP contribution in [0.5, 0.6) is 0 Å². The topological polar surface area (TPSA) is 80.0 Å². The first kappa shape index (κ1) is 7.23. The highest BCUT2D eigenvalue weighted by molar-refractivity contribution is 5.28. The maximum atomic E-state index is 11.0. The number of aryl methyl sites for hydroxylation is 1. The molecule has 12 heavy (non-hydrogen) atoms. The lowest BCUT2D eigenvalue weighted by Gasteiger charge is -2.03. The molecule has 1 aliphatic heterocycles. The first-order valence-corrected chi connectivity index (χ1v) is 3.58. The fraction of sp³-hybridized carbons (Fsp3) is 0.500. The summed E-state index contributed by atoms with van der Waals surface area (Å²) < 4.78 is 1.30. The van der Waals surface area contributed by atoms with Crippen molar-refractivity contribution >= 4 is 5.95 Å². The number of rotatable bonds is 0. The van der Waals surface area contributed by atoms with Gasteiger partial charge in [-0.3, -0.25) is 4.79 Å². The van der Waals surface area contributed by atoms with E-state index >= 15 is 0 Å². The van der Waals surface area contributed by atoms with Gasteiger partial charge in [0.15, 0.2) is 6.23 Å². The van der Waals surface area contributed by atoms with Crippen LogP contribution in [0.25, 0.3) is 0 Å². The maximum absolute atomic E-state index is 11.0. The van der Waals surface area contributed by atoms with E-state index < -0.39 is 6.23 Å². The Hall–Kier alpha value is -1.43. The van der Waals surface area contributed by atoms with Gasteiger partial charge in [0.05, 0.1) is 6.54 Å². The highest BCUT2D eigenvalue weighted by atomic mass is 16.3. The van der Waals surface area contributed by atoms with Gasteiger partial charge in [-0.2, -0.15) is 10.1 Å². The minimum absolute atomic E-state index is 0.293.